The SMILES string of the molecule is CCN1CCN(C(=O)NC(C(=O)N[C@@]2(NC=O)C(=O)N3C(C(=O)O)=C(CSc4nncs4)CS[C@H]32)c2ccc(OC(C)=O)cc2)C(=O)C1=O. The number of amides is 7. The van der Waals surface area contributed by atoms with Gasteiger partial charge in [-0.3, -0.25) is 38.6 Å². The summed E-state index contributed by atoms with van der Waals surface area (Å²) in [4.78, 5) is 105. The number of carbonyl (C=O) groups excluding carboxylic acids is 7. The molecule has 1 aromatic carbocycles. The number of nitrogens with zero attached hydrogens (tertiary/aromatic N) is 5. The van der Waals surface area contributed by atoms with E-state index in [4.69, 9.17) is 4.74 Å². The molecule has 0 spiro atoms. The van der Waals surface area contributed by atoms with Gasteiger partial charge in [-0.25, -0.2) is 9.59 Å². The zero-order chi connectivity index (χ0) is 35.5. The molecule has 1 unspecified atom stereocenters. The number of hydrogen-bond acceptors (Lipinski definition) is 14. The molecule has 3 aliphatic rings. The number of carbonyl (C=O) groups is 8. The smallest absolute Gasteiger partial charge is 0.352 e. The van der Waals surface area contributed by atoms with Crippen LogP contribution in [-0.2, 0) is 33.6 Å². The first-order valence-corrected chi connectivity index (χ1v) is 17.4. The van der Waals surface area contributed by atoms with E-state index >= 15 is 0 Å². The summed E-state index contributed by atoms with van der Waals surface area (Å²) in [6.45, 7) is 3.02. The van der Waals surface area contributed by atoms with Crippen molar-refractivity contribution in [3.8, 4) is 5.75 Å². The van der Waals surface area contributed by atoms with Crippen LogP contribution < -0.4 is 20.7 Å². The Bertz CT molecular complexity index is 1740. The predicted molar refractivity (Wildman–Crippen MR) is 171 cm³/mol. The van der Waals surface area contributed by atoms with Gasteiger partial charge in [-0.15, -0.1) is 22.0 Å². The highest BCUT2D eigenvalue weighted by atomic mass is 32.2. The van der Waals surface area contributed by atoms with Crippen LogP contribution in [0.5, 0.6) is 5.75 Å². The van der Waals surface area contributed by atoms with E-state index in [1.54, 1.807) is 6.92 Å². The number of rotatable bonds is 12. The second kappa shape index (κ2) is 14.6. The molecule has 3 aliphatic heterocycles. The summed E-state index contributed by atoms with van der Waals surface area (Å²) in [5.41, 5.74) is -0.385. The van der Waals surface area contributed by atoms with Gasteiger partial charge in [0.05, 0.1) is 0 Å². The number of β-lactam (4-membered cyclic amide) rings is 1. The lowest BCUT2D eigenvalue weighted by atomic mass is 9.94. The molecular formula is C28H28N8O10S3. The molecule has 3 atom stereocenters. The topological polar surface area (TPSA) is 238 Å². The molecule has 4 N–H and O–H groups in total. The van der Waals surface area contributed by atoms with E-state index < -0.39 is 58.7 Å². The molecule has 2 saturated heterocycles. The molecule has 7 amide bonds. The van der Waals surface area contributed by atoms with E-state index in [2.05, 4.69) is 26.1 Å². The van der Waals surface area contributed by atoms with Gasteiger partial charge < -0.3 is 30.7 Å². The van der Waals surface area contributed by atoms with Crippen molar-refractivity contribution in [2.24, 2.45) is 0 Å². The summed E-state index contributed by atoms with van der Waals surface area (Å²) in [6, 6.07) is 2.67. The third kappa shape index (κ3) is 6.94. The Balaban J connectivity index is 1.42. The van der Waals surface area contributed by atoms with Gasteiger partial charge in [0, 0.05) is 38.1 Å². The van der Waals surface area contributed by atoms with Crippen LogP contribution in [0.4, 0.5) is 4.79 Å². The Morgan fingerprint density at radius 3 is 2.51 bits per heavy atom. The molecule has 0 aliphatic carbocycles. The monoisotopic (exact) mass is 732 g/mol. The molecule has 5 rings (SSSR count). The summed E-state index contributed by atoms with van der Waals surface area (Å²) in [5.74, 6) is -5.56. The van der Waals surface area contributed by atoms with Gasteiger partial charge in [0.2, 0.25) is 18.0 Å². The number of fused-ring (bicyclic) bond motifs is 1. The van der Waals surface area contributed by atoms with Gasteiger partial charge in [-0.1, -0.05) is 35.2 Å². The maximum atomic E-state index is 14.0. The summed E-state index contributed by atoms with van der Waals surface area (Å²) in [6.07, 6.45) is 0.181. The first-order valence-electron chi connectivity index (χ1n) is 14.4. The molecule has 0 bridgehead atoms. The Morgan fingerprint density at radius 1 is 1.16 bits per heavy atom. The Kier molecular flexibility index (Phi) is 10.5. The average molecular weight is 733 g/mol. The minimum atomic E-state index is -2.12. The molecule has 1 aromatic heterocycles. The van der Waals surface area contributed by atoms with Crippen LogP contribution in [-0.4, -0.2) is 120 Å². The third-order valence-electron chi connectivity index (χ3n) is 7.61. The van der Waals surface area contributed by atoms with E-state index in [1.807, 2.05) is 0 Å². The Hall–Kier alpha value is -5.02. The maximum absolute atomic E-state index is 14.0. The van der Waals surface area contributed by atoms with Gasteiger partial charge >= 0.3 is 29.8 Å². The quantitative estimate of drug-likeness (QED) is 0.0410. The van der Waals surface area contributed by atoms with Crippen molar-refractivity contribution < 1.29 is 48.2 Å². The van der Waals surface area contributed by atoms with Gasteiger partial charge in [0.25, 0.3) is 5.91 Å². The molecule has 2 aromatic rings. The van der Waals surface area contributed by atoms with Crippen molar-refractivity contribution in [1.29, 1.82) is 0 Å². The number of carboxylic acids is 1. The van der Waals surface area contributed by atoms with Crippen molar-refractivity contribution in [2.75, 3.05) is 31.1 Å². The lowest BCUT2D eigenvalue weighted by Crippen LogP contribution is -2.85. The van der Waals surface area contributed by atoms with E-state index in [9.17, 15) is 43.5 Å². The highest BCUT2D eigenvalue weighted by Crippen LogP contribution is 2.46. The highest BCUT2D eigenvalue weighted by molar-refractivity contribution is 8.01. The fraction of sp³-hybridized carbons (Fsp3) is 0.357. The molecule has 49 heavy (non-hydrogen) atoms. The summed E-state index contributed by atoms with van der Waals surface area (Å²) >= 11 is 3.60. The van der Waals surface area contributed by atoms with Crippen molar-refractivity contribution in [3.63, 3.8) is 0 Å². The lowest BCUT2D eigenvalue weighted by molar-refractivity contribution is -0.163. The van der Waals surface area contributed by atoms with Crippen LogP contribution in [0.1, 0.15) is 25.5 Å². The number of aromatic nitrogens is 2. The number of benzene rings is 1. The number of imide groups is 1. The predicted octanol–water partition coefficient (Wildman–Crippen LogP) is -0.491. The van der Waals surface area contributed by atoms with E-state index in [0.29, 0.717) is 14.8 Å². The van der Waals surface area contributed by atoms with Crippen LogP contribution in [0.25, 0.3) is 0 Å². The van der Waals surface area contributed by atoms with Gasteiger partial charge in [-0.2, -0.15) is 0 Å². The van der Waals surface area contributed by atoms with Gasteiger partial charge in [-0.05, 0) is 30.2 Å². The van der Waals surface area contributed by atoms with E-state index in [-0.39, 0.29) is 54.6 Å². The third-order valence-corrected chi connectivity index (χ3v) is 11.0. The fourth-order valence-electron chi connectivity index (χ4n) is 5.31. The van der Waals surface area contributed by atoms with Crippen LogP contribution in [0.3, 0.4) is 0 Å². The molecule has 258 valence electrons. The van der Waals surface area contributed by atoms with Crippen molar-refractivity contribution in [1.82, 2.24) is 40.8 Å². The lowest BCUT2D eigenvalue weighted by Gasteiger charge is -2.56. The largest absolute Gasteiger partial charge is 0.477 e. The van der Waals surface area contributed by atoms with E-state index in [0.717, 1.165) is 16.7 Å². The first-order chi connectivity index (χ1) is 23.4. The number of hydrogen-bond donors (Lipinski definition) is 4. The van der Waals surface area contributed by atoms with Crippen LogP contribution >= 0.6 is 34.9 Å². The normalized spacial score (nSPS) is 21.0. The second-order valence-corrected chi connectivity index (χ2v) is 13.7. The molecular weight excluding hydrogens is 705 g/mol. The van der Waals surface area contributed by atoms with E-state index in [1.165, 1.54) is 64.7 Å². The minimum absolute atomic E-state index is 0.0681. The first kappa shape index (κ1) is 35.3. The number of urea groups is 1. The minimum Gasteiger partial charge on any atom is -0.477 e. The number of ether oxygens (including phenoxy) is 1. The molecule has 18 nitrogen and oxygen atoms in total. The zero-order valence-electron chi connectivity index (χ0n) is 25.7. The highest BCUT2D eigenvalue weighted by Gasteiger charge is 2.66. The Labute approximate surface area is 290 Å². The summed E-state index contributed by atoms with van der Waals surface area (Å²) in [5, 5.41) is 23.9. The van der Waals surface area contributed by atoms with Crippen LogP contribution in [0, 0.1) is 0 Å². The number of likely N-dealkylation sites (N-methyl/N-ethyl adjacent to an activating group) is 1. The number of esters is 1. The zero-order valence-corrected chi connectivity index (χ0v) is 28.2. The average Bonchev–Trinajstić information content (AvgIpc) is 3.60. The molecule has 21 heteroatoms. The van der Waals surface area contributed by atoms with Crippen LogP contribution in [0.15, 0.2) is 45.4 Å². The van der Waals surface area contributed by atoms with Gasteiger partial charge in [0.1, 0.15) is 28.4 Å². The molecule has 4 heterocycles. The molecule has 0 saturated carbocycles. The van der Waals surface area contributed by atoms with Crippen molar-refractivity contribution in [3.05, 3.63) is 46.6 Å². The second-order valence-electron chi connectivity index (χ2n) is 10.5. The number of aliphatic carboxylic acids is 1. The maximum Gasteiger partial charge on any atom is 0.352 e. The molecule has 2 fully saturated rings. The number of thioether (sulfide) groups is 2. The number of carboxylic acid groups (broad SMARTS) is 1. The van der Waals surface area contributed by atoms with Crippen molar-refractivity contribution >= 4 is 82.9 Å². The Morgan fingerprint density at radius 2 is 1.90 bits per heavy atom. The summed E-state index contributed by atoms with van der Waals surface area (Å²) in [7, 11) is 0. The number of nitrogens with one attached hydrogen (secondary N) is 3. The standard InChI is InChI=1S/C28H28N8O10S3/c1-3-34-8-9-35(22(41)21(34)40)26(45)31-18(15-4-6-17(7-5-15)46-14(2)38)20(39)32-28(29-12-37)24(44)36-19(23(42)43)16(10-47-25(28)36)11-48-27-33-30-13-49-27/h4-7,12-13,18,25H,3,8-11H2,1-2H3,(H,29,37)(H,31,45)(H,32,39)(H,42,43)/t18?,25-,28-/m0/s1. The summed E-state index contributed by atoms with van der Waals surface area (Å²) < 4.78 is 5.63. The number of piperazine rings is 1. The van der Waals surface area contributed by atoms with Gasteiger partial charge in [0.15, 0.2) is 4.34 Å². The molecule has 0 radical (unpaired) electrons. The van der Waals surface area contributed by atoms with Crippen molar-refractivity contribution in [2.45, 2.75) is 35.3 Å². The van der Waals surface area contributed by atoms with Crippen LogP contribution in [0.2, 0.25) is 0 Å². The fourth-order valence-corrected chi connectivity index (χ4v) is 8.37.